The number of aromatic nitrogens is 2. The molecule has 15 heavy (non-hydrogen) atoms. The summed E-state index contributed by atoms with van der Waals surface area (Å²) >= 11 is 0. The van der Waals surface area contributed by atoms with E-state index in [1.165, 1.54) is 7.11 Å². The summed E-state index contributed by atoms with van der Waals surface area (Å²) in [5, 5.41) is 10.4. The number of methoxy groups -OCH3 is 1. The fourth-order valence-corrected chi connectivity index (χ4v) is 0.933. The number of ether oxygens (including phenoxy) is 1. The molecule has 0 spiro atoms. The highest BCUT2D eigenvalue weighted by Gasteiger charge is 2.06. The van der Waals surface area contributed by atoms with Crippen molar-refractivity contribution in [1.82, 2.24) is 15.5 Å². The molecule has 0 unspecified atom stereocenters. The van der Waals surface area contributed by atoms with E-state index in [4.69, 9.17) is 4.74 Å². The maximum Gasteiger partial charge on any atom is 0.233 e. The van der Waals surface area contributed by atoms with Gasteiger partial charge in [0.05, 0.1) is 19.3 Å². The summed E-state index contributed by atoms with van der Waals surface area (Å²) in [5.41, 5.74) is 0.713. The molecule has 1 heterocycles. The first-order valence-electron chi connectivity index (χ1n) is 4.77. The van der Waals surface area contributed by atoms with Crippen molar-refractivity contribution in [2.24, 2.45) is 5.92 Å². The molecule has 0 aliphatic heterocycles. The first kappa shape index (κ1) is 11.4. The molecule has 1 N–H and O–H groups in total. The summed E-state index contributed by atoms with van der Waals surface area (Å²) in [6.07, 6.45) is 0. The number of carbonyl (C=O) groups is 1. The molecule has 0 fully saturated rings. The summed E-state index contributed by atoms with van der Waals surface area (Å²) in [5.74, 6) is 0.456. The molecule has 5 nitrogen and oxygen atoms in total. The molecule has 0 saturated carbocycles. The van der Waals surface area contributed by atoms with Crippen molar-refractivity contribution in [3.8, 4) is 5.88 Å². The van der Waals surface area contributed by atoms with E-state index in [0.29, 0.717) is 18.1 Å². The largest absolute Gasteiger partial charge is 0.480 e. The second kappa shape index (κ2) is 5.29. The lowest BCUT2D eigenvalue weighted by Crippen LogP contribution is -2.27. The number of hydrogen-bond acceptors (Lipinski definition) is 4. The maximum absolute atomic E-state index is 11.3. The van der Waals surface area contributed by atoms with Gasteiger partial charge in [-0.15, -0.1) is 5.10 Å². The minimum Gasteiger partial charge on any atom is -0.480 e. The minimum absolute atomic E-state index is 0.00705. The summed E-state index contributed by atoms with van der Waals surface area (Å²) in [7, 11) is 1.53. The van der Waals surface area contributed by atoms with Crippen molar-refractivity contribution in [2.75, 3.05) is 7.11 Å². The second-order valence-corrected chi connectivity index (χ2v) is 3.44. The van der Waals surface area contributed by atoms with Crippen molar-refractivity contribution in [3.05, 3.63) is 17.8 Å². The van der Waals surface area contributed by atoms with Crippen LogP contribution < -0.4 is 10.1 Å². The predicted molar refractivity (Wildman–Crippen MR) is 55.3 cm³/mol. The maximum atomic E-state index is 11.3. The Morgan fingerprint density at radius 3 is 2.67 bits per heavy atom. The Kier molecular flexibility index (Phi) is 4.03. The van der Waals surface area contributed by atoms with Crippen LogP contribution in [0.5, 0.6) is 5.88 Å². The van der Waals surface area contributed by atoms with E-state index < -0.39 is 0 Å². The predicted octanol–water partition coefficient (Wildman–Crippen LogP) is 0.757. The van der Waals surface area contributed by atoms with Gasteiger partial charge in [-0.05, 0) is 6.07 Å². The van der Waals surface area contributed by atoms with Gasteiger partial charge in [0.1, 0.15) is 0 Å². The Labute approximate surface area is 88.9 Å². The van der Waals surface area contributed by atoms with E-state index in [1.807, 2.05) is 13.8 Å². The van der Waals surface area contributed by atoms with Crippen LogP contribution in [0.1, 0.15) is 19.5 Å². The van der Waals surface area contributed by atoms with Crippen molar-refractivity contribution in [2.45, 2.75) is 20.4 Å². The molecule has 1 amide bonds. The smallest absolute Gasteiger partial charge is 0.233 e. The fraction of sp³-hybridized carbons (Fsp3) is 0.500. The van der Waals surface area contributed by atoms with Crippen LogP contribution in [-0.4, -0.2) is 23.2 Å². The number of nitrogens with one attached hydrogen (secondary N) is 1. The van der Waals surface area contributed by atoms with Crippen LogP contribution in [0.15, 0.2) is 12.1 Å². The average molecular weight is 209 g/mol. The monoisotopic (exact) mass is 209 g/mol. The van der Waals surface area contributed by atoms with Gasteiger partial charge in [-0.1, -0.05) is 13.8 Å². The van der Waals surface area contributed by atoms with Crippen LogP contribution in [-0.2, 0) is 11.3 Å². The van der Waals surface area contributed by atoms with Gasteiger partial charge in [-0.2, -0.15) is 5.10 Å². The molecule has 82 valence electrons. The SMILES string of the molecule is COc1ccc(CNC(=O)C(C)C)nn1. The molecule has 0 saturated heterocycles. The Bertz CT molecular complexity index is 322. The Morgan fingerprint density at radius 1 is 1.47 bits per heavy atom. The third-order valence-electron chi connectivity index (χ3n) is 1.87. The second-order valence-electron chi connectivity index (χ2n) is 3.44. The number of hydrogen-bond donors (Lipinski definition) is 1. The van der Waals surface area contributed by atoms with Crippen LogP contribution in [0.4, 0.5) is 0 Å². The van der Waals surface area contributed by atoms with E-state index >= 15 is 0 Å². The van der Waals surface area contributed by atoms with Crippen LogP contribution in [0, 0.1) is 5.92 Å². The van der Waals surface area contributed by atoms with Gasteiger partial charge in [-0.3, -0.25) is 4.79 Å². The van der Waals surface area contributed by atoms with Gasteiger partial charge < -0.3 is 10.1 Å². The number of nitrogens with zero attached hydrogens (tertiary/aromatic N) is 2. The lowest BCUT2D eigenvalue weighted by Gasteiger charge is -2.06. The Balaban J connectivity index is 2.47. The normalized spacial score (nSPS) is 10.1. The molecule has 0 bridgehead atoms. The van der Waals surface area contributed by atoms with Crippen LogP contribution >= 0.6 is 0 Å². The Hall–Kier alpha value is -1.65. The molecule has 5 heteroatoms. The zero-order chi connectivity index (χ0) is 11.3. The molecular weight excluding hydrogens is 194 g/mol. The van der Waals surface area contributed by atoms with E-state index in [1.54, 1.807) is 12.1 Å². The van der Waals surface area contributed by atoms with Gasteiger partial charge >= 0.3 is 0 Å². The van der Waals surface area contributed by atoms with Gasteiger partial charge in [0.2, 0.25) is 11.8 Å². The molecule has 0 aromatic carbocycles. The number of carbonyl (C=O) groups excluding carboxylic acids is 1. The third-order valence-corrected chi connectivity index (χ3v) is 1.87. The van der Waals surface area contributed by atoms with E-state index in [-0.39, 0.29) is 11.8 Å². The highest BCUT2D eigenvalue weighted by atomic mass is 16.5. The molecule has 1 rings (SSSR count). The van der Waals surface area contributed by atoms with Crippen molar-refractivity contribution < 1.29 is 9.53 Å². The molecule has 0 aliphatic rings. The van der Waals surface area contributed by atoms with E-state index in [9.17, 15) is 4.79 Å². The lowest BCUT2D eigenvalue weighted by molar-refractivity contribution is -0.124. The highest BCUT2D eigenvalue weighted by Crippen LogP contribution is 2.03. The van der Waals surface area contributed by atoms with Crippen molar-refractivity contribution >= 4 is 5.91 Å². The zero-order valence-corrected chi connectivity index (χ0v) is 9.15. The average Bonchev–Trinajstić information content (AvgIpc) is 2.26. The summed E-state index contributed by atoms with van der Waals surface area (Å²) in [6.45, 7) is 4.08. The Morgan fingerprint density at radius 2 is 2.20 bits per heavy atom. The van der Waals surface area contributed by atoms with E-state index in [2.05, 4.69) is 15.5 Å². The van der Waals surface area contributed by atoms with Crippen LogP contribution in [0.2, 0.25) is 0 Å². The molecule has 0 atom stereocenters. The first-order chi connectivity index (χ1) is 7.13. The molecule has 1 aromatic heterocycles. The summed E-state index contributed by atoms with van der Waals surface area (Å²) in [4.78, 5) is 11.3. The van der Waals surface area contributed by atoms with E-state index in [0.717, 1.165) is 0 Å². The standard InChI is InChI=1S/C10H15N3O2/c1-7(2)10(14)11-6-8-4-5-9(15-3)13-12-8/h4-5,7H,6H2,1-3H3,(H,11,14). The first-order valence-corrected chi connectivity index (χ1v) is 4.77. The summed E-state index contributed by atoms with van der Waals surface area (Å²) < 4.78 is 4.87. The topological polar surface area (TPSA) is 64.1 Å². The highest BCUT2D eigenvalue weighted by molar-refractivity contribution is 5.77. The lowest BCUT2D eigenvalue weighted by atomic mass is 10.2. The molecule has 1 aromatic rings. The quantitative estimate of drug-likeness (QED) is 0.795. The minimum atomic E-state index is -0.0174. The molecule has 0 aliphatic carbocycles. The fourth-order valence-electron chi connectivity index (χ4n) is 0.933. The van der Waals surface area contributed by atoms with Gasteiger partial charge in [0.15, 0.2) is 0 Å². The van der Waals surface area contributed by atoms with Crippen LogP contribution in [0.3, 0.4) is 0 Å². The van der Waals surface area contributed by atoms with Gasteiger partial charge in [0.25, 0.3) is 0 Å². The third kappa shape index (κ3) is 3.53. The summed E-state index contributed by atoms with van der Waals surface area (Å²) in [6, 6.07) is 3.48. The van der Waals surface area contributed by atoms with Gasteiger partial charge in [-0.25, -0.2) is 0 Å². The van der Waals surface area contributed by atoms with Crippen LogP contribution in [0.25, 0.3) is 0 Å². The van der Waals surface area contributed by atoms with Gasteiger partial charge in [0, 0.05) is 12.0 Å². The van der Waals surface area contributed by atoms with Crippen molar-refractivity contribution in [1.29, 1.82) is 0 Å². The molecule has 0 radical (unpaired) electrons. The number of amides is 1. The zero-order valence-electron chi connectivity index (χ0n) is 9.15. The van der Waals surface area contributed by atoms with Crippen molar-refractivity contribution in [3.63, 3.8) is 0 Å². The molecular formula is C10H15N3O2. The number of rotatable bonds is 4.